The average molecular weight is 787 g/mol. The molecule has 0 saturated heterocycles. The first-order chi connectivity index (χ1) is 20.5. The molecule has 0 radical (unpaired) electrons. The van der Waals surface area contributed by atoms with Crippen molar-refractivity contribution in [2.24, 2.45) is 0 Å². The number of benzene rings is 4. The number of aryl methyl sites for hydroxylation is 2. The summed E-state index contributed by atoms with van der Waals surface area (Å²) >= 11 is 0. The van der Waals surface area contributed by atoms with Crippen molar-refractivity contribution in [3.63, 3.8) is 0 Å². The van der Waals surface area contributed by atoms with Crippen LogP contribution in [-0.4, -0.2) is 8.07 Å². The van der Waals surface area contributed by atoms with Crippen LogP contribution in [0.1, 0.15) is 66.5 Å². The van der Waals surface area contributed by atoms with Crippen molar-refractivity contribution in [1.82, 2.24) is 0 Å². The summed E-state index contributed by atoms with van der Waals surface area (Å²) in [6.07, 6.45) is 2.07. The van der Waals surface area contributed by atoms with E-state index in [4.69, 9.17) is 0 Å². The minimum absolute atomic E-state index is 0. The van der Waals surface area contributed by atoms with E-state index in [1.165, 1.54) is 54.9 Å². The van der Waals surface area contributed by atoms with Gasteiger partial charge in [-0.1, -0.05) is 127 Å². The minimum atomic E-state index is -2.41. The molecule has 0 aliphatic carbocycles. The SMILES string of the molecule is CCc1ccccc1-c1cccc2[cH-]c([Si](c3cc4c(-c5ccccc5CC)cccc4[cH-]3)(C(C)(C)C)C(C)(C)C)cc12.[CH3-].[CH3-].[Hf+4]. The van der Waals surface area contributed by atoms with E-state index in [1.807, 2.05) is 0 Å². The van der Waals surface area contributed by atoms with Gasteiger partial charge in [-0.25, -0.2) is 0 Å². The Hall–Kier alpha value is -2.81. The van der Waals surface area contributed by atoms with Gasteiger partial charge in [0.1, 0.15) is 0 Å². The van der Waals surface area contributed by atoms with Crippen molar-refractivity contribution in [3.05, 3.63) is 135 Å². The van der Waals surface area contributed by atoms with E-state index in [9.17, 15) is 0 Å². The Morgan fingerprint density at radius 2 is 0.848 bits per heavy atom. The third-order valence-corrected chi connectivity index (χ3v) is 16.8. The Morgan fingerprint density at radius 1 is 0.500 bits per heavy atom. The molecule has 0 heterocycles. The van der Waals surface area contributed by atoms with Crippen LogP contribution >= 0.6 is 0 Å². The first-order valence-electron chi connectivity index (χ1n) is 16.1. The van der Waals surface area contributed by atoms with Gasteiger partial charge in [-0.05, 0) is 45.2 Å². The van der Waals surface area contributed by atoms with Crippen LogP contribution in [0.25, 0.3) is 43.8 Å². The van der Waals surface area contributed by atoms with Crippen molar-refractivity contribution in [2.45, 2.75) is 78.3 Å². The van der Waals surface area contributed by atoms with Crippen LogP contribution in [0.15, 0.2) is 109 Å². The zero-order chi connectivity index (χ0) is 30.6. The van der Waals surface area contributed by atoms with Gasteiger partial charge < -0.3 is 14.9 Å². The molecule has 0 spiro atoms. The largest absolute Gasteiger partial charge is 4.00 e. The molecule has 0 aliphatic rings. The molecule has 0 fully saturated rings. The molecule has 6 aromatic rings. The average Bonchev–Trinajstić information content (AvgIpc) is 3.60. The molecule has 0 aromatic heterocycles. The van der Waals surface area contributed by atoms with Gasteiger partial charge in [0.15, 0.2) is 0 Å². The maximum absolute atomic E-state index is 2.59. The first-order valence-corrected chi connectivity index (χ1v) is 18.1. The van der Waals surface area contributed by atoms with Crippen LogP contribution in [0, 0.1) is 14.9 Å². The maximum atomic E-state index is 2.59. The number of rotatable bonds is 6. The van der Waals surface area contributed by atoms with E-state index in [-0.39, 0.29) is 50.8 Å². The molecule has 0 nitrogen and oxygen atoms in total. The molecule has 6 aromatic carbocycles. The Bertz CT molecular complexity index is 1780. The van der Waals surface area contributed by atoms with Crippen LogP contribution in [-0.2, 0) is 38.7 Å². The molecule has 236 valence electrons. The fourth-order valence-electron chi connectivity index (χ4n) is 8.58. The van der Waals surface area contributed by atoms with Crippen LogP contribution in [0.4, 0.5) is 0 Å². The van der Waals surface area contributed by atoms with E-state index in [0.29, 0.717) is 0 Å². The second kappa shape index (κ2) is 14.1. The van der Waals surface area contributed by atoms with Crippen LogP contribution < -0.4 is 10.4 Å². The molecule has 0 N–H and O–H groups in total. The number of fused-ring (bicyclic) bond motifs is 2. The Balaban J connectivity index is 0.00000192. The van der Waals surface area contributed by atoms with Crippen molar-refractivity contribution in [2.75, 3.05) is 0 Å². The molecule has 46 heavy (non-hydrogen) atoms. The molecule has 2 heteroatoms. The van der Waals surface area contributed by atoms with E-state index in [0.717, 1.165) is 12.8 Å². The molecule has 0 saturated carbocycles. The van der Waals surface area contributed by atoms with Gasteiger partial charge in [0, 0.05) is 0 Å². The topological polar surface area (TPSA) is 0 Å². The zero-order valence-corrected chi connectivity index (χ0v) is 34.4. The summed E-state index contributed by atoms with van der Waals surface area (Å²) in [7, 11) is -2.41. The van der Waals surface area contributed by atoms with E-state index in [2.05, 4.69) is 165 Å². The molecule has 0 unspecified atom stereocenters. The molecule has 0 bridgehead atoms. The predicted molar refractivity (Wildman–Crippen MR) is 206 cm³/mol. The van der Waals surface area contributed by atoms with Crippen molar-refractivity contribution >= 4 is 40.0 Å². The third kappa shape index (κ3) is 6.01. The first kappa shape index (κ1) is 37.6. The summed E-state index contributed by atoms with van der Waals surface area (Å²) in [6.45, 7) is 19.5. The molecular weight excluding hydrogens is 735 g/mol. The van der Waals surface area contributed by atoms with Gasteiger partial charge in [0.05, 0.1) is 8.07 Å². The van der Waals surface area contributed by atoms with Crippen LogP contribution in [0.3, 0.4) is 0 Å². The summed E-state index contributed by atoms with van der Waals surface area (Å²) in [6, 6.07) is 42.0. The zero-order valence-electron chi connectivity index (χ0n) is 29.8. The van der Waals surface area contributed by atoms with Crippen molar-refractivity contribution in [3.8, 4) is 22.3 Å². The number of hydrogen-bond acceptors (Lipinski definition) is 0. The molecule has 6 rings (SSSR count). The summed E-state index contributed by atoms with van der Waals surface area (Å²) in [5.41, 5.74) is 8.27. The van der Waals surface area contributed by atoms with E-state index in [1.54, 1.807) is 10.4 Å². The van der Waals surface area contributed by atoms with Gasteiger partial charge in [-0.15, -0.1) is 68.3 Å². The van der Waals surface area contributed by atoms with E-state index >= 15 is 0 Å². The van der Waals surface area contributed by atoms with Crippen LogP contribution in [0.5, 0.6) is 0 Å². The molecule has 0 aliphatic heterocycles. The second-order valence-corrected chi connectivity index (χ2v) is 20.0. The van der Waals surface area contributed by atoms with E-state index < -0.39 is 8.07 Å². The maximum Gasteiger partial charge on any atom is 4.00 e. The summed E-state index contributed by atoms with van der Waals surface area (Å²) in [4.78, 5) is 0. The third-order valence-electron chi connectivity index (χ3n) is 9.99. The van der Waals surface area contributed by atoms with Gasteiger partial charge in [-0.3, -0.25) is 0 Å². The Kier molecular flexibility index (Phi) is 11.6. The normalized spacial score (nSPS) is 12.0. The Labute approximate surface area is 299 Å². The van der Waals surface area contributed by atoms with Gasteiger partial charge in [-0.2, -0.15) is 12.1 Å². The summed E-state index contributed by atoms with van der Waals surface area (Å²) < 4.78 is 0. The number of hydrogen-bond donors (Lipinski definition) is 0. The van der Waals surface area contributed by atoms with Gasteiger partial charge >= 0.3 is 25.8 Å². The molecular formula is C44H52HfSi. The smallest absolute Gasteiger partial charge is 0.358 e. The molecule has 0 amide bonds. The van der Waals surface area contributed by atoms with Gasteiger partial charge in [0.25, 0.3) is 0 Å². The van der Waals surface area contributed by atoms with Crippen molar-refractivity contribution in [1.29, 1.82) is 0 Å². The summed E-state index contributed by atoms with van der Waals surface area (Å²) in [5, 5.41) is 8.76. The fourth-order valence-corrected chi connectivity index (χ4v) is 16.1. The summed E-state index contributed by atoms with van der Waals surface area (Å²) in [5.74, 6) is 0. The Morgan fingerprint density at radius 3 is 1.20 bits per heavy atom. The second-order valence-electron chi connectivity index (χ2n) is 14.4. The van der Waals surface area contributed by atoms with Crippen molar-refractivity contribution < 1.29 is 25.8 Å². The molecule has 0 atom stereocenters. The van der Waals surface area contributed by atoms with Gasteiger partial charge in [0.2, 0.25) is 0 Å². The van der Waals surface area contributed by atoms with Crippen LogP contribution in [0.2, 0.25) is 10.1 Å². The minimum Gasteiger partial charge on any atom is -0.358 e. The standard InChI is InChI=1S/C42H46Si.2CH3.Hf/c1-9-29-17-11-13-21-35(29)37-23-15-19-31-25-33(27-39(31)37)43(41(3,4)5,42(6,7)8)34-26-32-20-16-24-38(40(32)28-34)36-22-14-12-18-30(36)10-2;;;/h11-28H,9-10H2,1-8H3;2*1H3;/q-2;2*-1;+4. The quantitative estimate of drug-likeness (QED) is 0.117. The monoisotopic (exact) mass is 788 g/mol. The fraction of sp³-hybridized carbons (Fsp3) is 0.273. The predicted octanol–water partition coefficient (Wildman–Crippen LogP) is 12.0.